The molecule has 0 spiro atoms. The smallest absolute Gasteiger partial charge is 0.287 e. The number of carbonyl (C=O) groups excluding carboxylic acids is 1. The maximum absolute atomic E-state index is 11.3. The summed E-state index contributed by atoms with van der Waals surface area (Å²) < 4.78 is 5.15. The summed E-state index contributed by atoms with van der Waals surface area (Å²) in [6, 6.07) is 3.44. The molecule has 0 aliphatic rings. The van der Waals surface area contributed by atoms with Gasteiger partial charge in [-0.1, -0.05) is 22.9 Å². The lowest BCUT2D eigenvalue weighted by Crippen LogP contribution is -2.27. The van der Waals surface area contributed by atoms with Crippen molar-refractivity contribution in [2.45, 2.75) is 18.7 Å². The molecule has 0 aliphatic heterocycles. The number of amides is 1. The number of furan rings is 1. The molecule has 3 nitrogen and oxygen atoms in total. The first-order chi connectivity index (χ1) is 6.09. The number of hydrogen-bond donors (Lipinski definition) is 1. The highest BCUT2D eigenvalue weighted by molar-refractivity contribution is 9.09. The Morgan fingerprint density at radius 3 is 2.85 bits per heavy atom. The van der Waals surface area contributed by atoms with Crippen LogP contribution < -0.4 is 5.32 Å². The summed E-state index contributed by atoms with van der Waals surface area (Å²) in [7, 11) is 0. The highest BCUT2D eigenvalue weighted by atomic mass is 79.9. The molecule has 1 aromatic heterocycles. The van der Waals surface area contributed by atoms with Crippen molar-refractivity contribution in [2.75, 3.05) is 6.54 Å². The Labute approximate surface area is 85.6 Å². The van der Waals surface area contributed by atoms with E-state index in [-0.39, 0.29) is 10.7 Å². The minimum atomic E-state index is -0.167. The van der Waals surface area contributed by atoms with Gasteiger partial charge in [0.2, 0.25) is 0 Å². The van der Waals surface area contributed by atoms with Gasteiger partial charge in [-0.2, -0.15) is 0 Å². The summed E-state index contributed by atoms with van der Waals surface area (Å²) in [6.07, 6.45) is 0. The van der Waals surface area contributed by atoms with Crippen LogP contribution in [-0.4, -0.2) is 17.3 Å². The number of alkyl halides is 1. The molecule has 0 aliphatic carbocycles. The van der Waals surface area contributed by atoms with Crippen molar-refractivity contribution in [3.63, 3.8) is 0 Å². The van der Waals surface area contributed by atoms with Crippen LogP contribution in [0.5, 0.6) is 0 Å². The molecular formula is C9H12BrNO2. The molecule has 1 unspecified atom stereocenters. The van der Waals surface area contributed by atoms with Crippen molar-refractivity contribution in [3.05, 3.63) is 23.7 Å². The van der Waals surface area contributed by atoms with E-state index in [1.807, 2.05) is 13.8 Å². The predicted octanol–water partition coefficient (Wildman–Crippen LogP) is 2.10. The molecule has 1 aromatic rings. The minimum Gasteiger partial charge on any atom is -0.456 e. The average Bonchev–Trinajstić information content (AvgIpc) is 2.47. The molecule has 1 rings (SSSR count). The van der Waals surface area contributed by atoms with Crippen LogP contribution in [0.2, 0.25) is 0 Å². The van der Waals surface area contributed by atoms with E-state index in [1.54, 1.807) is 12.1 Å². The van der Waals surface area contributed by atoms with E-state index >= 15 is 0 Å². The molecule has 0 saturated carbocycles. The number of hydrogen-bond acceptors (Lipinski definition) is 2. The van der Waals surface area contributed by atoms with Crippen molar-refractivity contribution in [1.82, 2.24) is 5.32 Å². The maximum Gasteiger partial charge on any atom is 0.287 e. The average molecular weight is 246 g/mol. The normalized spacial score (nSPS) is 12.5. The van der Waals surface area contributed by atoms with Gasteiger partial charge in [-0.25, -0.2) is 0 Å². The summed E-state index contributed by atoms with van der Waals surface area (Å²) in [5.41, 5.74) is 0. The lowest BCUT2D eigenvalue weighted by molar-refractivity contribution is 0.0925. The van der Waals surface area contributed by atoms with Crippen molar-refractivity contribution < 1.29 is 9.21 Å². The molecule has 4 heteroatoms. The molecule has 1 heterocycles. The largest absolute Gasteiger partial charge is 0.456 e. The summed E-state index contributed by atoms with van der Waals surface area (Å²) in [5, 5.41) is 2.73. The summed E-state index contributed by atoms with van der Waals surface area (Å²) >= 11 is 3.34. The molecule has 0 saturated heterocycles. The van der Waals surface area contributed by atoms with Gasteiger partial charge >= 0.3 is 0 Å². The molecule has 1 atom stereocenters. The van der Waals surface area contributed by atoms with Gasteiger partial charge in [0.1, 0.15) is 5.76 Å². The quantitative estimate of drug-likeness (QED) is 0.830. The van der Waals surface area contributed by atoms with Crippen LogP contribution in [-0.2, 0) is 0 Å². The van der Waals surface area contributed by atoms with E-state index in [9.17, 15) is 4.79 Å². The molecule has 1 amide bonds. The van der Waals surface area contributed by atoms with Crippen LogP contribution in [0, 0.1) is 6.92 Å². The molecule has 13 heavy (non-hydrogen) atoms. The van der Waals surface area contributed by atoms with Crippen LogP contribution in [0.25, 0.3) is 0 Å². The third-order valence-corrected chi connectivity index (χ3v) is 1.83. The second-order valence-corrected chi connectivity index (χ2v) is 4.46. The minimum absolute atomic E-state index is 0.167. The lowest BCUT2D eigenvalue weighted by Gasteiger charge is -2.03. The van der Waals surface area contributed by atoms with E-state index in [0.29, 0.717) is 12.3 Å². The zero-order valence-electron chi connectivity index (χ0n) is 7.63. The van der Waals surface area contributed by atoms with Crippen molar-refractivity contribution in [3.8, 4) is 0 Å². The monoisotopic (exact) mass is 245 g/mol. The van der Waals surface area contributed by atoms with Gasteiger partial charge in [0.25, 0.3) is 5.91 Å². The zero-order valence-corrected chi connectivity index (χ0v) is 9.22. The number of halogens is 1. The number of nitrogens with one attached hydrogen (secondary N) is 1. The first-order valence-electron chi connectivity index (χ1n) is 4.08. The lowest BCUT2D eigenvalue weighted by atomic mass is 10.4. The van der Waals surface area contributed by atoms with E-state index in [2.05, 4.69) is 21.2 Å². The van der Waals surface area contributed by atoms with Crippen molar-refractivity contribution in [1.29, 1.82) is 0 Å². The van der Waals surface area contributed by atoms with Crippen molar-refractivity contribution >= 4 is 21.8 Å². The Bertz CT molecular complexity index is 294. The van der Waals surface area contributed by atoms with Gasteiger partial charge in [0.15, 0.2) is 5.76 Å². The Morgan fingerprint density at radius 2 is 2.38 bits per heavy atom. The zero-order chi connectivity index (χ0) is 9.84. The molecule has 0 aromatic carbocycles. The molecule has 72 valence electrons. The Morgan fingerprint density at radius 1 is 1.69 bits per heavy atom. The summed E-state index contributed by atoms with van der Waals surface area (Å²) in [4.78, 5) is 11.6. The Hall–Kier alpha value is -0.770. The molecule has 0 fully saturated rings. The number of carbonyl (C=O) groups is 1. The fourth-order valence-electron chi connectivity index (χ4n) is 0.877. The number of rotatable bonds is 3. The first-order valence-corrected chi connectivity index (χ1v) is 5.00. The van der Waals surface area contributed by atoms with Gasteiger partial charge in [0.05, 0.1) is 0 Å². The topological polar surface area (TPSA) is 42.2 Å². The van der Waals surface area contributed by atoms with E-state index in [0.717, 1.165) is 5.76 Å². The van der Waals surface area contributed by atoms with Gasteiger partial charge in [-0.05, 0) is 19.1 Å². The van der Waals surface area contributed by atoms with E-state index in [4.69, 9.17) is 4.42 Å². The Kier molecular flexibility index (Phi) is 3.54. The highest BCUT2D eigenvalue weighted by Crippen LogP contribution is 2.05. The fraction of sp³-hybridized carbons (Fsp3) is 0.444. The summed E-state index contributed by atoms with van der Waals surface area (Å²) in [5.74, 6) is 0.946. The number of aryl methyl sites for hydroxylation is 1. The molecule has 1 N–H and O–H groups in total. The summed E-state index contributed by atoms with van der Waals surface area (Å²) in [6.45, 7) is 4.37. The molecule has 0 radical (unpaired) electrons. The third kappa shape index (κ3) is 3.22. The van der Waals surface area contributed by atoms with Gasteiger partial charge in [0, 0.05) is 11.4 Å². The highest BCUT2D eigenvalue weighted by Gasteiger charge is 2.09. The van der Waals surface area contributed by atoms with E-state index < -0.39 is 0 Å². The maximum atomic E-state index is 11.3. The van der Waals surface area contributed by atoms with E-state index in [1.165, 1.54) is 0 Å². The molecular weight excluding hydrogens is 234 g/mol. The second-order valence-electron chi connectivity index (χ2n) is 2.90. The van der Waals surface area contributed by atoms with Crippen LogP contribution in [0.4, 0.5) is 0 Å². The van der Waals surface area contributed by atoms with Crippen LogP contribution in [0.1, 0.15) is 23.2 Å². The second kappa shape index (κ2) is 4.46. The van der Waals surface area contributed by atoms with Gasteiger partial charge in [-0.3, -0.25) is 4.79 Å². The fourth-order valence-corrected chi connectivity index (χ4v) is 1.04. The van der Waals surface area contributed by atoms with Crippen LogP contribution in [0.15, 0.2) is 16.5 Å². The van der Waals surface area contributed by atoms with Crippen LogP contribution >= 0.6 is 15.9 Å². The van der Waals surface area contributed by atoms with Gasteiger partial charge < -0.3 is 9.73 Å². The predicted molar refractivity (Wildman–Crippen MR) is 54.2 cm³/mol. The Balaban J connectivity index is 2.49. The molecule has 0 bridgehead atoms. The SMILES string of the molecule is Cc1ccc(C(=O)NCC(C)Br)o1. The van der Waals surface area contributed by atoms with Crippen LogP contribution in [0.3, 0.4) is 0 Å². The standard InChI is InChI=1S/C9H12BrNO2/c1-6(10)5-11-9(12)8-4-3-7(2)13-8/h3-4,6H,5H2,1-2H3,(H,11,12). The van der Waals surface area contributed by atoms with Crippen molar-refractivity contribution in [2.24, 2.45) is 0 Å². The first kappa shape index (κ1) is 10.3. The van der Waals surface area contributed by atoms with Gasteiger partial charge in [-0.15, -0.1) is 0 Å². The third-order valence-electron chi connectivity index (χ3n) is 1.51.